The van der Waals surface area contributed by atoms with E-state index in [4.69, 9.17) is 15.8 Å². The SMILES string of the molecule is C/C(=C(\ON)c1ccc(CNCCC(=O)O)cc1)c1ccc(-c2ccccc2)c(C(F)(F)F)c1. The lowest BCUT2D eigenvalue weighted by Crippen LogP contribution is -2.17. The van der Waals surface area contributed by atoms with Crippen molar-refractivity contribution in [1.82, 2.24) is 5.32 Å². The monoisotopic (exact) mass is 470 g/mol. The van der Waals surface area contributed by atoms with Gasteiger partial charge in [-0.25, -0.2) is 0 Å². The number of carboxylic acids is 1. The molecule has 0 unspecified atom stereocenters. The van der Waals surface area contributed by atoms with E-state index in [1.54, 1.807) is 55.5 Å². The third-order valence-electron chi connectivity index (χ3n) is 5.36. The summed E-state index contributed by atoms with van der Waals surface area (Å²) in [4.78, 5) is 15.7. The second-order valence-electron chi connectivity index (χ2n) is 7.71. The summed E-state index contributed by atoms with van der Waals surface area (Å²) in [5.41, 5.74) is 2.15. The molecule has 8 heteroatoms. The normalized spacial score (nSPS) is 12.3. The smallest absolute Gasteiger partial charge is 0.417 e. The van der Waals surface area contributed by atoms with Gasteiger partial charge in [-0.1, -0.05) is 66.7 Å². The highest BCUT2D eigenvalue weighted by atomic mass is 19.4. The molecule has 0 radical (unpaired) electrons. The molecule has 0 aromatic heterocycles. The summed E-state index contributed by atoms with van der Waals surface area (Å²) in [7, 11) is 0. The number of hydrogen-bond acceptors (Lipinski definition) is 4. The first-order valence-electron chi connectivity index (χ1n) is 10.6. The van der Waals surface area contributed by atoms with E-state index in [0.29, 0.717) is 35.4 Å². The molecule has 3 aromatic rings. The molecular formula is C26H25F3N2O3. The quantitative estimate of drug-likeness (QED) is 0.161. The zero-order valence-electron chi connectivity index (χ0n) is 18.5. The first-order chi connectivity index (χ1) is 16.2. The number of allylic oxidation sites excluding steroid dienone is 1. The Kier molecular flexibility index (Phi) is 8.09. The minimum atomic E-state index is -4.54. The molecule has 0 aliphatic carbocycles. The molecule has 34 heavy (non-hydrogen) atoms. The average molecular weight is 470 g/mol. The second kappa shape index (κ2) is 11.0. The number of benzene rings is 3. The Bertz CT molecular complexity index is 1160. The molecule has 0 heterocycles. The second-order valence-corrected chi connectivity index (χ2v) is 7.71. The fourth-order valence-electron chi connectivity index (χ4n) is 3.59. The number of alkyl halides is 3. The van der Waals surface area contributed by atoms with Crippen molar-refractivity contribution >= 4 is 17.3 Å². The van der Waals surface area contributed by atoms with E-state index in [-0.39, 0.29) is 17.7 Å². The topological polar surface area (TPSA) is 84.6 Å². The standard InChI is InChI=1S/C26H25F3N2O3/c1-17(25(34-30)20-9-7-18(8-10-20)16-31-14-13-24(32)33)21-11-12-22(19-5-3-2-4-6-19)23(15-21)26(27,28)29/h2-12,15,31H,13-14,16,30H2,1H3,(H,32,33)/b25-17+. The highest BCUT2D eigenvalue weighted by Crippen LogP contribution is 2.39. The molecule has 0 atom stereocenters. The van der Waals surface area contributed by atoms with Crippen LogP contribution in [-0.2, 0) is 22.4 Å². The van der Waals surface area contributed by atoms with E-state index in [1.165, 1.54) is 6.07 Å². The predicted molar refractivity (Wildman–Crippen MR) is 125 cm³/mol. The van der Waals surface area contributed by atoms with Crippen LogP contribution in [0.4, 0.5) is 13.2 Å². The lowest BCUT2D eigenvalue weighted by atomic mass is 9.93. The van der Waals surface area contributed by atoms with Crippen LogP contribution in [0.5, 0.6) is 0 Å². The Labute approximate surface area is 195 Å². The number of aliphatic carboxylic acids is 1. The molecule has 178 valence electrons. The molecule has 3 rings (SSSR count). The van der Waals surface area contributed by atoms with Crippen molar-refractivity contribution in [3.63, 3.8) is 0 Å². The van der Waals surface area contributed by atoms with Crippen LogP contribution < -0.4 is 11.2 Å². The first kappa shape index (κ1) is 25.0. The van der Waals surface area contributed by atoms with Gasteiger partial charge < -0.3 is 15.3 Å². The number of nitrogens with one attached hydrogen (secondary N) is 1. The van der Waals surface area contributed by atoms with Crippen LogP contribution in [0.15, 0.2) is 72.8 Å². The summed E-state index contributed by atoms with van der Waals surface area (Å²) in [6.07, 6.45) is -4.52. The van der Waals surface area contributed by atoms with Gasteiger partial charge in [-0.3, -0.25) is 4.79 Å². The Hall–Kier alpha value is -3.62. The van der Waals surface area contributed by atoms with Gasteiger partial charge in [0.2, 0.25) is 0 Å². The molecule has 0 fully saturated rings. The Balaban J connectivity index is 1.91. The van der Waals surface area contributed by atoms with Crippen LogP contribution in [0.3, 0.4) is 0 Å². The predicted octanol–water partition coefficient (Wildman–Crippen LogP) is 5.72. The van der Waals surface area contributed by atoms with E-state index in [9.17, 15) is 18.0 Å². The Morgan fingerprint density at radius 1 is 1.00 bits per heavy atom. The summed E-state index contributed by atoms with van der Waals surface area (Å²) < 4.78 is 41.7. The van der Waals surface area contributed by atoms with Gasteiger partial charge in [-0.05, 0) is 35.2 Å². The largest absolute Gasteiger partial charge is 0.481 e. The Morgan fingerprint density at radius 2 is 1.65 bits per heavy atom. The molecule has 0 aliphatic rings. The molecule has 0 spiro atoms. The minimum Gasteiger partial charge on any atom is -0.481 e. The van der Waals surface area contributed by atoms with Gasteiger partial charge in [0.05, 0.1) is 12.0 Å². The number of carbonyl (C=O) groups is 1. The third kappa shape index (κ3) is 6.24. The van der Waals surface area contributed by atoms with Crippen LogP contribution in [0.25, 0.3) is 22.5 Å². The maximum atomic E-state index is 13.9. The molecule has 0 aliphatic heterocycles. The van der Waals surface area contributed by atoms with Crippen LogP contribution in [0.1, 0.15) is 35.6 Å². The fraction of sp³-hybridized carbons (Fsp3) is 0.192. The van der Waals surface area contributed by atoms with Crippen molar-refractivity contribution in [3.05, 3.63) is 95.1 Å². The summed E-state index contributed by atoms with van der Waals surface area (Å²) >= 11 is 0. The third-order valence-corrected chi connectivity index (χ3v) is 5.36. The van der Waals surface area contributed by atoms with Crippen LogP contribution in [0.2, 0.25) is 0 Å². The highest BCUT2D eigenvalue weighted by molar-refractivity contribution is 5.87. The molecule has 0 saturated heterocycles. The van der Waals surface area contributed by atoms with Crippen molar-refractivity contribution in [2.24, 2.45) is 5.90 Å². The van der Waals surface area contributed by atoms with E-state index in [2.05, 4.69) is 5.32 Å². The molecular weight excluding hydrogens is 445 g/mol. The maximum absolute atomic E-state index is 13.9. The van der Waals surface area contributed by atoms with E-state index >= 15 is 0 Å². The zero-order valence-corrected chi connectivity index (χ0v) is 18.5. The molecule has 5 nitrogen and oxygen atoms in total. The number of hydrogen-bond donors (Lipinski definition) is 3. The minimum absolute atomic E-state index is 0.0220. The molecule has 3 aromatic carbocycles. The van der Waals surface area contributed by atoms with Gasteiger partial charge in [0.1, 0.15) is 0 Å². The Morgan fingerprint density at radius 3 is 2.24 bits per heavy atom. The van der Waals surface area contributed by atoms with Gasteiger partial charge in [0.25, 0.3) is 0 Å². The first-order valence-corrected chi connectivity index (χ1v) is 10.6. The maximum Gasteiger partial charge on any atom is 0.417 e. The number of halogens is 3. The van der Waals surface area contributed by atoms with Crippen molar-refractivity contribution in [2.45, 2.75) is 26.1 Å². The zero-order chi connectivity index (χ0) is 24.7. The average Bonchev–Trinajstić information content (AvgIpc) is 2.82. The van der Waals surface area contributed by atoms with Crippen LogP contribution in [0, 0.1) is 0 Å². The highest BCUT2D eigenvalue weighted by Gasteiger charge is 2.34. The van der Waals surface area contributed by atoms with Gasteiger partial charge >= 0.3 is 12.1 Å². The van der Waals surface area contributed by atoms with Crippen LogP contribution in [-0.4, -0.2) is 17.6 Å². The molecule has 0 bridgehead atoms. The summed E-state index contributed by atoms with van der Waals surface area (Å²) in [5.74, 6) is 4.88. The van der Waals surface area contributed by atoms with Gasteiger partial charge in [0.15, 0.2) is 5.76 Å². The van der Waals surface area contributed by atoms with Crippen molar-refractivity contribution < 1.29 is 27.9 Å². The fourth-order valence-corrected chi connectivity index (χ4v) is 3.59. The van der Waals surface area contributed by atoms with E-state index in [0.717, 1.165) is 11.6 Å². The summed E-state index contributed by atoms with van der Waals surface area (Å²) in [6.45, 7) is 2.47. The van der Waals surface area contributed by atoms with Gasteiger partial charge in [0, 0.05) is 24.2 Å². The number of carboxylic acid groups (broad SMARTS) is 1. The van der Waals surface area contributed by atoms with Crippen molar-refractivity contribution in [2.75, 3.05) is 6.54 Å². The van der Waals surface area contributed by atoms with Crippen molar-refractivity contribution in [1.29, 1.82) is 0 Å². The summed E-state index contributed by atoms with van der Waals surface area (Å²) in [6, 6.07) is 19.7. The molecule has 0 saturated carbocycles. The lowest BCUT2D eigenvalue weighted by molar-refractivity contribution is -0.137. The van der Waals surface area contributed by atoms with Crippen LogP contribution >= 0.6 is 0 Å². The summed E-state index contributed by atoms with van der Waals surface area (Å²) in [5, 5.41) is 11.7. The molecule has 4 N–H and O–H groups in total. The van der Waals surface area contributed by atoms with Crippen molar-refractivity contribution in [3.8, 4) is 11.1 Å². The number of nitrogens with two attached hydrogens (primary N) is 1. The van der Waals surface area contributed by atoms with E-state index in [1.807, 2.05) is 12.1 Å². The van der Waals surface area contributed by atoms with Gasteiger partial charge in [-0.15, -0.1) is 0 Å². The lowest BCUT2D eigenvalue weighted by Gasteiger charge is -2.17. The van der Waals surface area contributed by atoms with E-state index < -0.39 is 17.7 Å². The van der Waals surface area contributed by atoms with Gasteiger partial charge in [-0.2, -0.15) is 19.1 Å². The molecule has 0 amide bonds. The number of rotatable bonds is 9.